The van der Waals surface area contributed by atoms with E-state index in [1.54, 1.807) is 4.57 Å². The summed E-state index contributed by atoms with van der Waals surface area (Å²) in [6.07, 6.45) is -1.59. The van der Waals surface area contributed by atoms with Gasteiger partial charge in [0.15, 0.2) is 6.61 Å². The molecular formula is C24H21ClF5N3O3. The molecule has 36 heavy (non-hydrogen) atoms. The topological polar surface area (TPSA) is 76.4 Å². The van der Waals surface area contributed by atoms with Crippen LogP contribution in [0.3, 0.4) is 0 Å². The second-order valence-corrected chi connectivity index (χ2v) is 9.34. The number of hydrogen-bond acceptors (Lipinski definition) is 4. The van der Waals surface area contributed by atoms with E-state index in [-0.39, 0.29) is 28.1 Å². The van der Waals surface area contributed by atoms with Gasteiger partial charge < -0.3 is 19.7 Å². The fourth-order valence-corrected chi connectivity index (χ4v) is 3.82. The van der Waals surface area contributed by atoms with Gasteiger partial charge in [0, 0.05) is 17.8 Å². The van der Waals surface area contributed by atoms with E-state index < -0.39 is 52.9 Å². The fourth-order valence-electron chi connectivity index (χ4n) is 3.61. The monoisotopic (exact) mass is 529 g/mol. The molecule has 3 aromatic rings. The number of amides is 1. The molecule has 192 valence electrons. The van der Waals surface area contributed by atoms with Crippen molar-refractivity contribution in [1.29, 1.82) is 0 Å². The molecule has 1 aromatic heterocycles. The van der Waals surface area contributed by atoms with Crippen LogP contribution in [-0.2, 0) is 5.60 Å². The molecule has 0 spiro atoms. The zero-order chi connectivity index (χ0) is 26.4. The van der Waals surface area contributed by atoms with Gasteiger partial charge in [-0.2, -0.15) is 13.2 Å². The Bertz CT molecular complexity index is 1290. The van der Waals surface area contributed by atoms with Crippen molar-refractivity contribution in [3.63, 3.8) is 0 Å². The molecule has 1 amide bonds. The first-order chi connectivity index (χ1) is 16.7. The predicted molar refractivity (Wildman–Crippen MR) is 122 cm³/mol. The van der Waals surface area contributed by atoms with Crippen LogP contribution in [0.15, 0.2) is 36.5 Å². The van der Waals surface area contributed by atoms with Crippen molar-refractivity contribution in [2.24, 2.45) is 0 Å². The smallest absolute Gasteiger partial charge is 0.422 e. The largest absolute Gasteiger partial charge is 0.483 e. The molecule has 0 unspecified atom stereocenters. The number of para-hydroxylation sites is 1. The lowest BCUT2D eigenvalue weighted by Crippen LogP contribution is -2.22. The summed E-state index contributed by atoms with van der Waals surface area (Å²) in [6, 6.07) is 5.27. The normalized spacial score (nSPS) is 14.1. The van der Waals surface area contributed by atoms with Gasteiger partial charge >= 0.3 is 6.18 Å². The van der Waals surface area contributed by atoms with Crippen LogP contribution in [0.5, 0.6) is 5.75 Å². The number of aromatic nitrogens is 2. The molecule has 4 rings (SSSR count). The van der Waals surface area contributed by atoms with Crippen LogP contribution in [0.1, 0.15) is 48.9 Å². The number of nitrogens with one attached hydrogen (secondary N) is 1. The molecule has 2 aromatic carbocycles. The maximum Gasteiger partial charge on any atom is 0.422 e. The number of anilines is 1. The van der Waals surface area contributed by atoms with Gasteiger partial charge in [-0.3, -0.25) is 4.79 Å². The van der Waals surface area contributed by atoms with Crippen molar-refractivity contribution in [3.8, 4) is 17.0 Å². The Morgan fingerprint density at radius 1 is 1.22 bits per heavy atom. The van der Waals surface area contributed by atoms with E-state index in [2.05, 4.69) is 10.3 Å². The Morgan fingerprint density at radius 3 is 2.50 bits per heavy atom. The van der Waals surface area contributed by atoms with Crippen LogP contribution < -0.4 is 10.1 Å². The molecule has 1 heterocycles. The SMILES string of the molecule is CC(C)(O)c1nc(-c2cc(OCC(F)(F)F)c(C(=O)Nc3c(F)cccc3Cl)cc2F)cn1C1CC1. The number of halogens is 6. The Kier molecular flexibility index (Phi) is 6.74. The van der Waals surface area contributed by atoms with Crippen molar-refractivity contribution >= 4 is 23.2 Å². The summed E-state index contributed by atoms with van der Waals surface area (Å²) < 4.78 is 74.6. The average Bonchev–Trinajstić information content (AvgIpc) is 3.51. The number of carbonyl (C=O) groups excluding carboxylic acids is 1. The number of hydrogen-bond donors (Lipinski definition) is 2. The fraction of sp³-hybridized carbons (Fsp3) is 0.333. The summed E-state index contributed by atoms with van der Waals surface area (Å²) in [6.45, 7) is 1.26. The highest BCUT2D eigenvalue weighted by Crippen LogP contribution is 2.40. The minimum atomic E-state index is -4.75. The first-order valence-electron chi connectivity index (χ1n) is 10.8. The van der Waals surface area contributed by atoms with Crippen LogP contribution in [0, 0.1) is 11.6 Å². The van der Waals surface area contributed by atoms with Crippen LogP contribution in [0.4, 0.5) is 27.6 Å². The molecule has 2 N–H and O–H groups in total. The summed E-state index contributed by atoms with van der Waals surface area (Å²) in [7, 11) is 0. The van der Waals surface area contributed by atoms with Gasteiger partial charge in [0.25, 0.3) is 5.91 Å². The van der Waals surface area contributed by atoms with Gasteiger partial charge in [-0.25, -0.2) is 13.8 Å². The molecule has 6 nitrogen and oxygen atoms in total. The second-order valence-electron chi connectivity index (χ2n) is 8.93. The number of imidazole rings is 1. The van der Waals surface area contributed by atoms with E-state index in [0.29, 0.717) is 6.07 Å². The van der Waals surface area contributed by atoms with Gasteiger partial charge in [0.2, 0.25) is 0 Å². The molecule has 1 aliphatic rings. The molecular weight excluding hydrogens is 509 g/mol. The maximum absolute atomic E-state index is 15.2. The van der Waals surface area contributed by atoms with Crippen molar-refractivity contribution in [1.82, 2.24) is 9.55 Å². The molecule has 0 bridgehead atoms. The van der Waals surface area contributed by atoms with E-state index >= 15 is 4.39 Å². The van der Waals surface area contributed by atoms with Crippen molar-refractivity contribution in [2.45, 2.75) is 44.5 Å². The highest BCUT2D eigenvalue weighted by molar-refractivity contribution is 6.34. The van der Waals surface area contributed by atoms with Gasteiger partial charge in [-0.15, -0.1) is 0 Å². The van der Waals surface area contributed by atoms with E-state index in [1.165, 1.54) is 32.2 Å². The van der Waals surface area contributed by atoms with Gasteiger partial charge in [-0.05, 0) is 51.0 Å². The maximum atomic E-state index is 15.2. The minimum Gasteiger partial charge on any atom is -0.483 e. The van der Waals surface area contributed by atoms with E-state index in [4.69, 9.17) is 16.3 Å². The highest BCUT2D eigenvalue weighted by Gasteiger charge is 2.34. The Hall–Kier alpha value is -3.18. The molecule has 1 fully saturated rings. The number of ether oxygens (including phenoxy) is 1. The number of benzene rings is 2. The minimum absolute atomic E-state index is 0.0393. The lowest BCUT2D eigenvalue weighted by atomic mass is 10.1. The zero-order valence-electron chi connectivity index (χ0n) is 19.1. The second kappa shape index (κ2) is 9.36. The Morgan fingerprint density at radius 2 is 1.92 bits per heavy atom. The molecule has 0 radical (unpaired) electrons. The van der Waals surface area contributed by atoms with Gasteiger partial charge in [0.05, 0.1) is 22.0 Å². The first kappa shape index (κ1) is 25.9. The van der Waals surface area contributed by atoms with Crippen molar-refractivity contribution < 1.29 is 36.6 Å². The predicted octanol–water partition coefficient (Wildman–Crippen LogP) is 6.24. The van der Waals surface area contributed by atoms with Gasteiger partial charge in [-0.1, -0.05) is 17.7 Å². The quantitative estimate of drug-likeness (QED) is 0.355. The molecule has 0 atom stereocenters. The summed E-state index contributed by atoms with van der Waals surface area (Å²) >= 11 is 5.90. The Labute approximate surface area is 207 Å². The van der Waals surface area contributed by atoms with E-state index in [0.717, 1.165) is 25.0 Å². The number of aliphatic hydroxyl groups is 1. The summed E-state index contributed by atoms with van der Waals surface area (Å²) in [5.41, 5.74) is -2.60. The molecule has 1 aliphatic carbocycles. The summed E-state index contributed by atoms with van der Waals surface area (Å²) in [4.78, 5) is 17.2. The summed E-state index contributed by atoms with van der Waals surface area (Å²) in [5.74, 6) is -3.35. The number of alkyl halides is 3. The average molecular weight is 530 g/mol. The lowest BCUT2D eigenvalue weighted by Gasteiger charge is -2.18. The number of nitrogens with zero attached hydrogens (tertiary/aromatic N) is 2. The molecule has 0 saturated heterocycles. The third-order valence-electron chi connectivity index (χ3n) is 5.40. The highest BCUT2D eigenvalue weighted by atomic mass is 35.5. The van der Waals surface area contributed by atoms with Crippen molar-refractivity contribution in [3.05, 3.63) is 64.6 Å². The first-order valence-corrected chi connectivity index (χ1v) is 11.2. The summed E-state index contributed by atoms with van der Waals surface area (Å²) in [5, 5.41) is 12.5. The standard InChI is InChI=1S/C24H21ClF5N3O3/c1-23(2,35)22-31-18(10-33(22)12-6-7-12)13-9-19(36-11-24(28,29)30)14(8-17(13)27)21(34)32-20-15(25)4-3-5-16(20)26/h3-5,8-10,12,35H,6-7,11H2,1-2H3,(H,32,34). The van der Waals surface area contributed by atoms with Crippen LogP contribution in [-0.4, -0.2) is 33.3 Å². The van der Waals surface area contributed by atoms with Crippen molar-refractivity contribution in [2.75, 3.05) is 11.9 Å². The molecule has 12 heteroatoms. The van der Waals surface area contributed by atoms with Crippen LogP contribution in [0.2, 0.25) is 5.02 Å². The molecule has 0 aliphatic heterocycles. The Balaban J connectivity index is 1.77. The van der Waals surface area contributed by atoms with Gasteiger partial charge in [0.1, 0.15) is 28.8 Å². The van der Waals surface area contributed by atoms with Crippen LogP contribution >= 0.6 is 11.6 Å². The number of carbonyl (C=O) groups is 1. The van der Waals surface area contributed by atoms with E-state index in [9.17, 15) is 27.5 Å². The van der Waals surface area contributed by atoms with E-state index in [1.807, 2.05) is 0 Å². The zero-order valence-corrected chi connectivity index (χ0v) is 19.8. The van der Waals surface area contributed by atoms with Crippen LogP contribution in [0.25, 0.3) is 11.3 Å². The number of rotatable bonds is 7. The third kappa shape index (κ3) is 5.62. The lowest BCUT2D eigenvalue weighted by molar-refractivity contribution is -0.153. The third-order valence-corrected chi connectivity index (χ3v) is 5.72. The molecule has 1 saturated carbocycles.